The second-order valence-corrected chi connectivity index (χ2v) is 3.39. The zero-order valence-corrected chi connectivity index (χ0v) is 9.70. The number of hydrogen-bond acceptors (Lipinski definition) is 2. The first kappa shape index (κ1) is 12.2. The highest BCUT2D eigenvalue weighted by molar-refractivity contribution is 5.15. The number of hydrogen-bond donors (Lipinski definition) is 1. The average molecular weight is 207 g/mol. The Morgan fingerprint density at radius 3 is 2.60 bits per heavy atom. The fraction of sp³-hybridized carbons (Fsp3) is 0.538. The molecule has 1 aliphatic rings. The van der Waals surface area contributed by atoms with Gasteiger partial charge >= 0.3 is 0 Å². The Morgan fingerprint density at radius 1 is 1.27 bits per heavy atom. The molecule has 2 heteroatoms. The number of rotatable bonds is 2. The third-order valence-corrected chi connectivity index (χ3v) is 2.31. The lowest BCUT2D eigenvalue weighted by atomic mass is 10.1. The van der Waals surface area contributed by atoms with E-state index in [2.05, 4.69) is 29.6 Å². The lowest BCUT2D eigenvalue weighted by molar-refractivity contribution is 0.0292. The van der Waals surface area contributed by atoms with E-state index in [4.69, 9.17) is 4.74 Å². The minimum atomic E-state index is 0.358. The van der Waals surface area contributed by atoms with E-state index in [1.165, 1.54) is 5.56 Å². The molecule has 0 saturated carbocycles. The smallest absolute Gasteiger partial charge is 0.0740 e. The molecule has 2 nitrogen and oxygen atoms in total. The largest absolute Gasteiger partial charge is 0.375 e. The van der Waals surface area contributed by atoms with Crippen LogP contribution in [0.15, 0.2) is 30.3 Å². The maximum atomic E-state index is 5.62. The van der Waals surface area contributed by atoms with Crippen molar-refractivity contribution in [3.05, 3.63) is 35.9 Å². The Morgan fingerprint density at radius 2 is 2.00 bits per heavy atom. The van der Waals surface area contributed by atoms with Crippen molar-refractivity contribution in [3.8, 4) is 0 Å². The number of morpholine rings is 1. The second kappa shape index (κ2) is 7.43. The Labute approximate surface area is 92.6 Å². The van der Waals surface area contributed by atoms with E-state index >= 15 is 0 Å². The molecule has 1 heterocycles. The normalized spacial score (nSPS) is 20.3. The first-order chi connectivity index (χ1) is 7.45. The summed E-state index contributed by atoms with van der Waals surface area (Å²) in [4.78, 5) is 0. The van der Waals surface area contributed by atoms with Gasteiger partial charge in [-0.2, -0.15) is 0 Å². The molecule has 1 saturated heterocycles. The van der Waals surface area contributed by atoms with Crippen LogP contribution in [-0.4, -0.2) is 25.8 Å². The SMILES string of the molecule is CC.c1ccc(CC2CNCCO2)cc1. The van der Waals surface area contributed by atoms with Gasteiger partial charge in [0.2, 0.25) is 0 Å². The highest BCUT2D eigenvalue weighted by atomic mass is 16.5. The minimum Gasteiger partial charge on any atom is -0.375 e. The first-order valence-corrected chi connectivity index (χ1v) is 5.81. The van der Waals surface area contributed by atoms with Crippen molar-refractivity contribution in [1.82, 2.24) is 5.32 Å². The summed E-state index contributed by atoms with van der Waals surface area (Å²) in [7, 11) is 0. The van der Waals surface area contributed by atoms with Gasteiger partial charge in [0.05, 0.1) is 12.7 Å². The predicted molar refractivity (Wildman–Crippen MR) is 64.1 cm³/mol. The quantitative estimate of drug-likeness (QED) is 0.803. The monoisotopic (exact) mass is 207 g/mol. The highest BCUT2D eigenvalue weighted by Gasteiger charge is 2.12. The standard InChI is InChI=1S/C11H15NO.C2H6/c1-2-4-10(5-3-1)8-11-9-12-6-7-13-11;1-2/h1-5,11-12H,6-9H2;1-2H3. The Hall–Kier alpha value is -0.860. The molecule has 0 amide bonds. The Bertz CT molecular complexity index is 242. The van der Waals surface area contributed by atoms with Gasteiger partial charge in [0.15, 0.2) is 0 Å². The first-order valence-electron chi connectivity index (χ1n) is 5.81. The van der Waals surface area contributed by atoms with E-state index < -0.39 is 0 Å². The predicted octanol–water partition coefficient (Wildman–Crippen LogP) is 2.24. The Kier molecular flexibility index (Phi) is 6.05. The van der Waals surface area contributed by atoms with Crippen LogP contribution < -0.4 is 5.32 Å². The van der Waals surface area contributed by atoms with Crippen LogP contribution in [0.4, 0.5) is 0 Å². The maximum absolute atomic E-state index is 5.62. The van der Waals surface area contributed by atoms with Gasteiger partial charge in [-0.1, -0.05) is 44.2 Å². The minimum absolute atomic E-state index is 0.358. The summed E-state index contributed by atoms with van der Waals surface area (Å²) in [5.74, 6) is 0. The molecule has 1 N–H and O–H groups in total. The summed E-state index contributed by atoms with van der Waals surface area (Å²) in [6, 6.07) is 10.5. The van der Waals surface area contributed by atoms with Crippen LogP contribution in [0.5, 0.6) is 0 Å². The van der Waals surface area contributed by atoms with E-state index in [1.54, 1.807) is 0 Å². The molecule has 0 aliphatic carbocycles. The highest BCUT2D eigenvalue weighted by Crippen LogP contribution is 2.06. The third kappa shape index (κ3) is 4.45. The molecule has 1 aliphatic heterocycles. The molecule has 0 radical (unpaired) electrons. The molecular formula is C13H21NO. The molecule has 0 spiro atoms. The molecule has 0 aromatic heterocycles. The van der Waals surface area contributed by atoms with Gasteiger partial charge in [-0.05, 0) is 12.0 Å². The van der Waals surface area contributed by atoms with Crippen LogP contribution >= 0.6 is 0 Å². The molecule has 1 aromatic carbocycles. The van der Waals surface area contributed by atoms with Crippen LogP contribution in [0.3, 0.4) is 0 Å². The van der Waals surface area contributed by atoms with Gasteiger partial charge in [-0.15, -0.1) is 0 Å². The molecule has 1 unspecified atom stereocenters. The van der Waals surface area contributed by atoms with Crippen molar-refractivity contribution in [1.29, 1.82) is 0 Å². The summed E-state index contributed by atoms with van der Waals surface area (Å²) in [5, 5.41) is 3.33. The summed E-state index contributed by atoms with van der Waals surface area (Å²) in [6.07, 6.45) is 1.38. The van der Waals surface area contributed by atoms with Crippen LogP contribution in [0, 0.1) is 0 Å². The molecular weight excluding hydrogens is 186 g/mol. The third-order valence-electron chi connectivity index (χ3n) is 2.31. The lowest BCUT2D eigenvalue weighted by Crippen LogP contribution is -2.39. The van der Waals surface area contributed by atoms with E-state index in [9.17, 15) is 0 Å². The zero-order chi connectivity index (χ0) is 10.9. The molecule has 15 heavy (non-hydrogen) atoms. The summed E-state index contributed by atoms with van der Waals surface area (Å²) < 4.78 is 5.62. The van der Waals surface area contributed by atoms with Crippen LogP contribution in [0.1, 0.15) is 19.4 Å². The molecule has 84 valence electrons. The van der Waals surface area contributed by atoms with E-state index in [0.29, 0.717) is 6.10 Å². The topological polar surface area (TPSA) is 21.3 Å². The van der Waals surface area contributed by atoms with Gasteiger partial charge in [-0.25, -0.2) is 0 Å². The molecule has 1 aromatic rings. The van der Waals surface area contributed by atoms with Crippen molar-refractivity contribution in [2.24, 2.45) is 0 Å². The van der Waals surface area contributed by atoms with Gasteiger partial charge < -0.3 is 10.1 Å². The Balaban J connectivity index is 0.000000531. The van der Waals surface area contributed by atoms with Gasteiger partial charge in [0.25, 0.3) is 0 Å². The number of ether oxygens (including phenoxy) is 1. The molecule has 2 rings (SSSR count). The van der Waals surface area contributed by atoms with Crippen LogP contribution in [0.25, 0.3) is 0 Å². The summed E-state index contributed by atoms with van der Waals surface area (Å²) in [6.45, 7) is 6.82. The fourth-order valence-corrected chi connectivity index (χ4v) is 1.63. The van der Waals surface area contributed by atoms with Gasteiger partial charge in [0, 0.05) is 13.1 Å². The van der Waals surface area contributed by atoms with E-state index in [-0.39, 0.29) is 0 Å². The fourth-order valence-electron chi connectivity index (χ4n) is 1.63. The number of nitrogens with one attached hydrogen (secondary N) is 1. The molecule has 1 atom stereocenters. The summed E-state index contributed by atoms with van der Waals surface area (Å²) >= 11 is 0. The second-order valence-electron chi connectivity index (χ2n) is 3.39. The lowest BCUT2D eigenvalue weighted by Gasteiger charge is -2.23. The van der Waals surface area contributed by atoms with Crippen molar-refractivity contribution in [2.45, 2.75) is 26.4 Å². The van der Waals surface area contributed by atoms with Crippen LogP contribution in [-0.2, 0) is 11.2 Å². The van der Waals surface area contributed by atoms with E-state index in [1.807, 2.05) is 19.9 Å². The zero-order valence-electron chi connectivity index (χ0n) is 9.70. The van der Waals surface area contributed by atoms with Gasteiger partial charge in [0.1, 0.15) is 0 Å². The molecule has 1 fully saturated rings. The maximum Gasteiger partial charge on any atom is 0.0740 e. The van der Waals surface area contributed by atoms with Crippen molar-refractivity contribution < 1.29 is 4.74 Å². The van der Waals surface area contributed by atoms with Gasteiger partial charge in [-0.3, -0.25) is 0 Å². The summed E-state index contributed by atoms with van der Waals surface area (Å²) in [5.41, 5.74) is 1.36. The number of benzene rings is 1. The van der Waals surface area contributed by atoms with Crippen molar-refractivity contribution in [2.75, 3.05) is 19.7 Å². The van der Waals surface area contributed by atoms with E-state index in [0.717, 1.165) is 26.1 Å². The van der Waals surface area contributed by atoms with Crippen molar-refractivity contribution >= 4 is 0 Å². The average Bonchev–Trinajstić information content (AvgIpc) is 2.34. The van der Waals surface area contributed by atoms with Crippen LogP contribution in [0.2, 0.25) is 0 Å². The van der Waals surface area contributed by atoms with Crippen molar-refractivity contribution in [3.63, 3.8) is 0 Å². The molecule has 0 bridgehead atoms.